The highest BCUT2D eigenvalue weighted by molar-refractivity contribution is 6.42. The summed E-state index contributed by atoms with van der Waals surface area (Å²) >= 11 is 12.2. The maximum atomic E-state index is 6.18. The van der Waals surface area contributed by atoms with Crippen molar-refractivity contribution in [1.82, 2.24) is 25.1 Å². The van der Waals surface area contributed by atoms with Crippen LogP contribution in [0.5, 0.6) is 5.75 Å². The Kier molecular flexibility index (Phi) is 6.90. The minimum Gasteiger partial charge on any atom is -0.492 e. The van der Waals surface area contributed by atoms with Crippen molar-refractivity contribution < 1.29 is 4.74 Å². The minimum absolute atomic E-state index is 0.476. The Bertz CT molecular complexity index is 1190. The molecule has 9 heteroatoms. The molecule has 2 N–H and O–H groups in total. The van der Waals surface area contributed by atoms with Gasteiger partial charge in [-0.15, -0.1) is 0 Å². The lowest BCUT2D eigenvalue weighted by atomic mass is 10.1. The normalized spacial score (nSPS) is 11.0. The predicted molar refractivity (Wildman–Crippen MR) is 129 cm³/mol. The molecule has 0 aliphatic heterocycles. The Morgan fingerprint density at radius 1 is 1.03 bits per heavy atom. The van der Waals surface area contributed by atoms with Crippen LogP contribution in [0, 0.1) is 0 Å². The molecule has 0 atom stereocenters. The molecule has 0 saturated carbocycles. The van der Waals surface area contributed by atoms with E-state index >= 15 is 0 Å². The molecule has 0 aliphatic rings. The summed E-state index contributed by atoms with van der Waals surface area (Å²) in [6.45, 7) is 1.50. The van der Waals surface area contributed by atoms with Crippen molar-refractivity contribution in [2.75, 3.05) is 32.6 Å². The Morgan fingerprint density at radius 2 is 1.84 bits per heavy atom. The van der Waals surface area contributed by atoms with E-state index in [1.165, 1.54) is 0 Å². The number of nitrogens with zero attached hydrogens (tertiary/aromatic N) is 4. The molecule has 164 valence electrons. The summed E-state index contributed by atoms with van der Waals surface area (Å²) in [7, 11) is 4.03. The van der Waals surface area contributed by atoms with Crippen LogP contribution < -0.4 is 10.1 Å². The SMILES string of the molecule is CN(C)CCOc1ccc(Nc2nccc(-c3cn[nH]c3-c3ccc(Cl)c(Cl)c3)n2)cc1. The summed E-state index contributed by atoms with van der Waals surface area (Å²) in [5.41, 5.74) is 4.08. The third-order valence-corrected chi connectivity index (χ3v) is 5.44. The molecule has 0 fully saturated rings. The molecule has 0 bridgehead atoms. The number of aromatic nitrogens is 4. The third kappa shape index (κ3) is 5.37. The van der Waals surface area contributed by atoms with Crippen LogP contribution in [0.25, 0.3) is 22.5 Å². The zero-order chi connectivity index (χ0) is 22.5. The molecule has 7 nitrogen and oxygen atoms in total. The average molecular weight is 469 g/mol. The topological polar surface area (TPSA) is 79.0 Å². The molecular weight excluding hydrogens is 447 g/mol. The number of aromatic amines is 1. The van der Waals surface area contributed by atoms with Gasteiger partial charge in [0, 0.05) is 29.6 Å². The Hall–Kier alpha value is -3.13. The van der Waals surface area contributed by atoms with Crippen LogP contribution in [0.4, 0.5) is 11.6 Å². The molecule has 2 aromatic carbocycles. The van der Waals surface area contributed by atoms with Gasteiger partial charge in [-0.3, -0.25) is 5.10 Å². The number of hydrogen-bond acceptors (Lipinski definition) is 6. The van der Waals surface area contributed by atoms with E-state index in [2.05, 4.69) is 30.4 Å². The maximum Gasteiger partial charge on any atom is 0.227 e. The number of nitrogens with one attached hydrogen (secondary N) is 2. The number of likely N-dealkylation sites (N-methyl/N-ethyl adjacent to an activating group) is 1. The fourth-order valence-corrected chi connectivity index (χ4v) is 3.33. The Balaban J connectivity index is 1.50. The summed E-state index contributed by atoms with van der Waals surface area (Å²) in [6.07, 6.45) is 3.43. The van der Waals surface area contributed by atoms with E-state index in [0.717, 1.165) is 40.5 Å². The van der Waals surface area contributed by atoms with Crippen molar-refractivity contribution in [3.63, 3.8) is 0 Å². The van der Waals surface area contributed by atoms with Crippen molar-refractivity contribution in [3.8, 4) is 28.3 Å². The third-order valence-electron chi connectivity index (χ3n) is 4.70. The molecule has 0 unspecified atom stereocenters. The van der Waals surface area contributed by atoms with Gasteiger partial charge >= 0.3 is 0 Å². The lowest BCUT2D eigenvalue weighted by Crippen LogP contribution is -2.19. The monoisotopic (exact) mass is 468 g/mol. The largest absolute Gasteiger partial charge is 0.492 e. The number of H-pyrrole nitrogens is 1. The van der Waals surface area contributed by atoms with E-state index < -0.39 is 0 Å². The summed E-state index contributed by atoms with van der Waals surface area (Å²) in [6, 6.07) is 15.0. The van der Waals surface area contributed by atoms with Gasteiger partial charge in [0.05, 0.1) is 27.6 Å². The van der Waals surface area contributed by atoms with Crippen molar-refractivity contribution in [2.45, 2.75) is 0 Å². The van der Waals surface area contributed by atoms with Gasteiger partial charge in [-0.2, -0.15) is 5.10 Å². The van der Waals surface area contributed by atoms with Crippen molar-refractivity contribution in [1.29, 1.82) is 0 Å². The fraction of sp³-hybridized carbons (Fsp3) is 0.174. The molecular formula is C23H22Cl2N6O. The molecule has 4 rings (SSSR count). The van der Waals surface area contributed by atoms with Crippen LogP contribution in [0.3, 0.4) is 0 Å². The van der Waals surface area contributed by atoms with Crippen molar-refractivity contribution in [2.24, 2.45) is 0 Å². The van der Waals surface area contributed by atoms with E-state index in [0.29, 0.717) is 22.6 Å². The minimum atomic E-state index is 0.476. The molecule has 2 aromatic heterocycles. The first-order valence-corrected chi connectivity index (χ1v) is 10.7. The second kappa shape index (κ2) is 9.99. The lowest BCUT2D eigenvalue weighted by molar-refractivity contribution is 0.261. The summed E-state index contributed by atoms with van der Waals surface area (Å²) in [5, 5.41) is 11.4. The molecule has 2 heterocycles. The van der Waals surface area contributed by atoms with Gasteiger partial charge in [0.15, 0.2) is 0 Å². The Morgan fingerprint density at radius 3 is 2.59 bits per heavy atom. The highest BCUT2D eigenvalue weighted by atomic mass is 35.5. The fourth-order valence-electron chi connectivity index (χ4n) is 3.03. The highest BCUT2D eigenvalue weighted by Gasteiger charge is 2.13. The number of benzene rings is 2. The zero-order valence-electron chi connectivity index (χ0n) is 17.6. The molecule has 4 aromatic rings. The smallest absolute Gasteiger partial charge is 0.227 e. The lowest BCUT2D eigenvalue weighted by Gasteiger charge is -2.11. The first-order chi connectivity index (χ1) is 15.5. The van der Waals surface area contributed by atoms with Gasteiger partial charge in [-0.05, 0) is 56.6 Å². The maximum absolute atomic E-state index is 6.18. The summed E-state index contributed by atoms with van der Waals surface area (Å²) in [4.78, 5) is 11.1. The zero-order valence-corrected chi connectivity index (χ0v) is 19.2. The number of hydrogen-bond donors (Lipinski definition) is 2. The quantitative estimate of drug-likeness (QED) is 0.354. The molecule has 0 radical (unpaired) electrons. The molecule has 0 aliphatic carbocycles. The molecule has 0 amide bonds. The number of anilines is 2. The van der Waals surface area contributed by atoms with Gasteiger partial charge in [0.2, 0.25) is 5.95 Å². The molecule has 32 heavy (non-hydrogen) atoms. The summed E-state index contributed by atoms with van der Waals surface area (Å²) in [5.74, 6) is 1.29. The van der Waals surface area contributed by atoms with Crippen LogP contribution in [0.2, 0.25) is 10.0 Å². The first-order valence-electron chi connectivity index (χ1n) is 9.96. The molecule has 0 saturated heterocycles. The predicted octanol–water partition coefficient (Wildman–Crippen LogP) is 5.52. The Labute approximate surface area is 196 Å². The highest BCUT2D eigenvalue weighted by Crippen LogP contribution is 2.33. The van der Waals surface area contributed by atoms with Crippen LogP contribution >= 0.6 is 23.2 Å². The average Bonchev–Trinajstić information content (AvgIpc) is 3.27. The van der Waals surface area contributed by atoms with E-state index in [1.54, 1.807) is 24.5 Å². The van der Waals surface area contributed by atoms with Crippen molar-refractivity contribution >= 4 is 34.8 Å². The number of rotatable bonds is 8. The van der Waals surface area contributed by atoms with Gasteiger partial charge < -0.3 is 15.0 Å². The second-order valence-electron chi connectivity index (χ2n) is 7.35. The number of halogens is 2. The standard InChI is InChI=1S/C23H22Cl2N6O/c1-31(2)11-12-32-17-6-4-16(5-7-17)28-23-26-10-9-21(29-23)18-14-27-30-22(18)15-3-8-19(24)20(25)13-15/h3-10,13-14H,11-12H2,1-2H3,(H,27,30)(H,26,28,29). The van der Waals surface area contributed by atoms with Gasteiger partial charge in [-0.1, -0.05) is 29.3 Å². The summed E-state index contributed by atoms with van der Waals surface area (Å²) < 4.78 is 5.73. The van der Waals surface area contributed by atoms with E-state index in [4.69, 9.17) is 27.9 Å². The van der Waals surface area contributed by atoms with Crippen LogP contribution in [0.1, 0.15) is 0 Å². The van der Waals surface area contributed by atoms with Gasteiger partial charge in [-0.25, -0.2) is 9.97 Å². The van der Waals surface area contributed by atoms with E-state index in [9.17, 15) is 0 Å². The molecule has 0 spiro atoms. The van der Waals surface area contributed by atoms with Crippen LogP contribution in [0.15, 0.2) is 60.9 Å². The number of ether oxygens (including phenoxy) is 1. The van der Waals surface area contributed by atoms with Crippen LogP contribution in [-0.4, -0.2) is 52.3 Å². The van der Waals surface area contributed by atoms with Gasteiger partial charge in [0.1, 0.15) is 12.4 Å². The van der Waals surface area contributed by atoms with Gasteiger partial charge in [0.25, 0.3) is 0 Å². The van der Waals surface area contributed by atoms with E-state index in [-0.39, 0.29) is 0 Å². The first kappa shape index (κ1) is 22.1. The second-order valence-corrected chi connectivity index (χ2v) is 8.17. The van der Waals surface area contributed by atoms with Crippen LogP contribution in [-0.2, 0) is 0 Å². The van der Waals surface area contributed by atoms with Crippen molar-refractivity contribution in [3.05, 3.63) is 71.0 Å². The van der Waals surface area contributed by atoms with E-state index in [1.807, 2.05) is 50.5 Å².